The van der Waals surface area contributed by atoms with E-state index in [9.17, 15) is 0 Å². The first-order chi connectivity index (χ1) is 32.5. The van der Waals surface area contributed by atoms with E-state index in [-0.39, 0.29) is 5.41 Å². The fourth-order valence-corrected chi connectivity index (χ4v) is 12.4. The minimum atomic E-state index is -0.575. The van der Waals surface area contributed by atoms with Crippen molar-refractivity contribution >= 4 is 17.1 Å². The highest BCUT2D eigenvalue weighted by Crippen LogP contribution is 2.66. The summed E-state index contributed by atoms with van der Waals surface area (Å²) in [5, 5.41) is 0. The molecule has 66 heavy (non-hydrogen) atoms. The van der Waals surface area contributed by atoms with E-state index in [2.05, 4.69) is 267 Å². The Morgan fingerprint density at radius 2 is 0.712 bits per heavy atom. The quantitative estimate of drug-likeness (QED) is 0.155. The summed E-state index contributed by atoms with van der Waals surface area (Å²) in [6.07, 6.45) is 0. The smallest absolute Gasteiger partial charge is 0.0720 e. The Kier molecular flexibility index (Phi) is 8.45. The van der Waals surface area contributed by atoms with Crippen LogP contribution in [0.2, 0.25) is 0 Å². The van der Waals surface area contributed by atoms with Crippen molar-refractivity contribution in [3.63, 3.8) is 0 Å². The van der Waals surface area contributed by atoms with Gasteiger partial charge in [-0.15, -0.1) is 0 Å². The number of anilines is 3. The summed E-state index contributed by atoms with van der Waals surface area (Å²) in [6, 6.07) is 93.1. The molecule has 3 aliphatic rings. The Morgan fingerprint density at radius 1 is 0.273 bits per heavy atom. The second kappa shape index (κ2) is 14.5. The Balaban J connectivity index is 0.952. The predicted octanol–water partition coefficient (Wildman–Crippen LogP) is 16.2. The summed E-state index contributed by atoms with van der Waals surface area (Å²) < 4.78 is 0. The third-order valence-electron chi connectivity index (χ3n) is 15.2. The maximum Gasteiger partial charge on any atom is 0.0720 e. The Bertz CT molecular complexity index is 3440. The van der Waals surface area contributed by atoms with Crippen molar-refractivity contribution in [3.05, 3.63) is 304 Å². The van der Waals surface area contributed by atoms with Gasteiger partial charge in [-0.3, -0.25) is 0 Å². The molecule has 0 saturated heterocycles. The summed E-state index contributed by atoms with van der Waals surface area (Å²) in [7, 11) is 0. The van der Waals surface area contributed by atoms with Gasteiger partial charge < -0.3 is 4.90 Å². The maximum atomic E-state index is 2.45. The van der Waals surface area contributed by atoms with Crippen LogP contribution in [0.1, 0.15) is 69.5 Å². The van der Waals surface area contributed by atoms with Crippen molar-refractivity contribution in [3.8, 4) is 33.4 Å². The third-order valence-corrected chi connectivity index (χ3v) is 15.2. The van der Waals surface area contributed by atoms with Gasteiger partial charge in [-0.2, -0.15) is 0 Å². The first kappa shape index (κ1) is 38.5. The molecule has 2 atom stereocenters. The minimum absolute atomic E-state index is 0.199. The van der Waals surface area contributed by atoms with Crippen molar-refractivity contribution < 1.29 is 0 Å². The van der Waals surface area contributed by atoms with Gasteiger partial charge >= 0.3 is 0 Å². The molecule has 10 aromatic carbocycles. The zero-order valence-electron chi connectivity index (χ0n) is 37.1. The molecule has 10 aromatic rings. The van der Waals surface area contributed by atoms with Gasteiger partial charge in [-0.1, -0.05) is 220 Å². The van der Waals surface area contributed by atoms with E-state index in [4.69, 9.17) is 0 Å². The van der Waals surface area contributed by atoms with Crippen LogP contribution in [0, 0.1) is 0 Å². The van der Waals surface area contributed by atoms with Gasteiger partial charge in [-0.25, -0.2) is 0 Å². The van der Waals surface area contributed by atoms with E-state index >= 15 is 0 Å². The summed E-state index contributed by atoms with van der Waals surface area (Å²) in [6.45, 7) is 4.78. The molecule has 1 heteroatoms. The van der Waals surface area contributed by atoms with Crippen molar-refractivity contribution in [2.75, 3.05) is 4.90 Å². The van der Waals surface area contributed by atoms with Crippen molar-refractivity contribution in [2.24, 2.45) is 0 Å². The van der Waals surface area contributed by atoms with Gasteiger partial charge in [0.2, 0.25) is 0 Å². The fraction of sp³-hybridized carbons (Fsp3) is 0.0769. The molecular weight excluding hydrogens is 795 g/mol. The van der Waals surface area contributed by atoms with Crippen LogP contribution in [-0.4, -0.2) is 0 Å². The second-order valence-corrected chi connectivity index (χ2v) is 18.8. The Labute approximate surface area is 388 Å². The number of nitrogens with zero attached hydrogens (tertiary/aromatic N) is 1. The highest BCUT2D eigenvalue weighted by molar-refractivity contribution is 5.92. The molecule has 0 saturated carbocycles. The van der Waals surface area contributed by atoms with Crippen molar-refractivity contribution in [1.82, 2.24) is 0 Å². The molecule has 0 N–H and O–H groups in total. The lowest BCUT2D eigenvalue weighted by Crippen LogP contribution is -2.44. The summed E-state index contributed by atoms with van der Waals surface area (Å²) in [5.74, 6) is 0. The molecule has 13 rings (SSSR count). The SMILES string of the molecule is CC1(C)c2cc(-c3ccc(C4(c5ccccc5)c5ccccc5C5(c6ccccc6)c6ccccc6-c6cccc4c65)cc3)ccc2-c2ccc(N(c3ccccc3)c3ccccc3)cc21. The van der Waals surface area contributed by atoms with E-state index in [1.807, 2.05) is 0 Å². The van der Waals surface area contributed by atoms with Crippen LogP contribution in [-0.2, 0) is 16.2 Å². The maximum absolute atomic E-state index is 2.45. The fourth-order valence-electron chi connectivity index (χ4n) is 12.4. The number of fused-ring (bicyclic) bond motifs is 8. The molecule has 0 aliphatic heterocycles. The summed E-state index contributed by atoms with van der Waals surface area (Å²) >= 11 is 0. The number of hydrogen-bond acceptors (Lipinski definition) is 1. The monoisotopic (exact) mass is 841 g/mol. The molecule has 3 aliphatic carbocycles. The lowest BCUT2D eigenvalue weighted by Gasteiger charge is -2.49. The van der Waals surface area contributed by atoms with Gasteiger partial charge in [-0.05, 0) is 131 Å². The normalized spacial score (nSPS) is 17.8. The zero-order chi connectivity index (χ0) is 44.0. The molecular formula is C65H47N. The van der Waals surface area contributed by atoms with Gasteiger partial charge in [0.05, 0.1) is 10.8 Å². The van der Waals surface area contributed by atoms with E-state index in [1.165, 1.54) is 89.0 Å². The van der Waals surface area contributed by atoms with Crippen LogP contribution in [0.3, 0.4) is 0 Å². The average Bonchev–Trinajstić information content (AvgIpc) is 3.81. The Hall–Kier alpha value is -8.00. The van der Waals surface area contributed by atoms with E-state index < -0.39 is 10.8 Å². The second-order valence-electron chi connectivity index (χ2n) is 18.8. The molecule has 2 unspecified atom stereocenters. The molecule has 0 aromatic heterocycles. The number of para-hydroxylation sites is 2. The molecule has 1 nitrogen and oxygen atoms in total. The largest absolute Gasteiger partial charge is 0.310 e. The first-order valence-corrected chi connectivity index (χ1v) is 23.3. The molecule has 0 bridgehead atoms. The minimum Gasteiger partial charge on any atom is -0.310 e. The molecule has 0 amide bonds. The van der Waals surface area contributed by atoms with Gasteiger partial charge in [0.1, 0.15) is 0 Å². The van der Waals surface area contributed by atoms with Crippen molar-refractivity contribution in [2.45, 2.75) is 30.1 Å². The number of benzene rings is 10. The van der Waals surface area contributed by atoms with E-state index in [0.717, 1.165) is 17.1 Å². The topological polar surface area (TPSA) is 3.24 Å². The van der Waals surface area contributed by atoms with Crippen LogP contribution >= 0.6 is 0 Å². The van der Waals surface area contributed by atoms with Crippen LogP contribution in [0.25, 0.3) is 33.4 Å². The lowest BCUT2D eigenvalue weighted by molar-refractivity contribution is 0.627. The van der Waals surface area contributed by atoms with Crippen LogP contribution in [0.4, 0.5) is 17.1 Å². The number of rotatable bonds is 7. The predicted molar refractivity (Wildman–Crippen MR) is 273 cm³/mol. The van der Waals surface area contributed by atoms with Crippen LogP contribution in [0.5, 0.6) is 0 Å². The third kappa shape index (κ3) is 5.23. The van der Waals surface area contributed by atoms with E-state index in [1.54, 1.807) is 0 Å². The number of hydrogen-bond donors (Lipinski definition) is 0. The van der Waals surface area contributed by atoms with Crippen molar-refractivity contribution in [1.29, 1.82) is 0 Å². The van der Waals surface area contributed by atoms with Crippen LogP contribution < -0.4 is 4.90 Å². The lowest BCUT2D eigenvalue weighted by atomic mass is 9.51. The molecule has 0 spiro atoms. The first-order valence-electron chi connectivity index (χ1n) is 23.3. The molecule has 0 fully saturated rings. The highest BCUT2D eigenvalue weighted by atomic mass is 15.1. The molecule has 0 radical (unpaired) electrons. The molecule has 0 heterocycles. The standard InChI is InChI=1S/C65H47N/c1-63(2)60-42-45(36-40-53(60)54-41-39-51(43-61(54)63)66(49-24-11-5-12-25-49)50-26-13-6-14-27-50)44-34-37-48(38-35-44)64(46-20-7-3-8-21-46)57-31-17-18-32-58(57)65(47-22-9-4-10-23-47)56-30-16-15-28-52(56)55-29-19-33-59(64)62(55)65/h3-43H,1-2H3. The average molecular weight is 842 g/mol. The van der Waals surface area contributed by atoms with Gasteiger partial charge in [0, 0.05) is 22.5 Å². The van der Waals surface area contributed by atoms with E-state index in [0.29, 0.717) is 0 Å². The Morgan fingerprint density at radius 3 is 1.35 bits per heavy atom. The van der Waals surface area contributed by atoms with Gasteiger partial charge in [0.25, 0.3) is 0 Å². The zero-order valence-corrected chi connectivity index (χ0v) is 37.1. The summed E-state index contributed by atoms with van der Waals surface area (Å²) in [5.41, 5.74) is 23.2. The highest BCUT2D eigenvalue weighted by Gasteiger charge is 2.57. The van der Waals surface area contributed by atoms with Crippen LogP contribution in [0.15, 0.2) is 249 Å². The summed E-state index contributed by atoms with van der Waals surface area (Å²) in [4.78, 5) is 2.36. The van der Waals surface area contributed by atoms with Gasteiger partial charge in [0.15, 0.2) is 0 Å². The molecule has 312 valence electrons.